The molecule has 1 aliphatic rings. The summed E-state index contributed by atoms with van der Waals surface area (Å²) in [6.07, 6.45) is 0.188. The fourth-order valence-electron chi connectivity index (χ4n) is 1.12. The van der Waals surface area contributed by atoms with E-state index in [2.05, 4.69) is 0 Å². The smallest absolute Gasteiger partial charge is 0.159 e. The molecule has 3 atom stereocenters. The molecule has 0 radical (unpaired) electrons. The summed E-state index contributed by atoms with van der Waals surface area (Å²) in [5.41, 5.74) is 0. The van der Waals surface area contributed by atoms with Crippen LogP contribution < -0.4 is 0 Å². The Balaban J connectivity index is 2.30. The van der Waals surface area contributed by atoms with Gasteiger partial charge in [-0.3, -0.25) is 0 Å². The molecule has 1 rings (SSSR count). The van der Waals surface area contributed by atoms with Crippen molar-refractivity contribution in [3.8, 4) is 0 Å². The van der Waals surface area contributed by atoms with E-state index in [1.165, 1.54) is 0 Å². The minimum Gasteiger partial charge on any atom is -0.394 e. The van der Waals surface area contributed by atoms with E-state index < -0.39 is 0 Å². The van der Waals surface area contributed by atoms with Crippen molar-refractivity contribution in [1.29, 1.82) is 0 Å². The van der Waals surface area contributed by atoms with E-state index in [-0.39, 0.29) is 24.4 Å². The minimum atomic E-state index is -0.256. The molecular weight excluding hydrogens is 168 g/mol. The van der Waals surface area contributed by atoms with Crippen LogP contribution in [0.2, 0.25) is 0 Å². The Bertz CT molecular complexity index is 120. The van der Waals surface area contributed by atoms with Crippen molar-refractivity contribution in [2.75, 3.05) is 13.2 Å². The van der Waals surface area contributed by atoms with E-state index in [1.54, 1.807) is 0 Å². The zero-order valence-electron chi connectivity index (χ0n) is 6.50. The van der Waals surface area contributed by atoms with E-state index in [9.17, 15) is 0 Å². The van der Waals surface area contributed by atoms with Crippen LogP contribution in [0.25, 0.3) is 0 Å². The summed E-state index contributed by atoms with van der Waals surface area (Å²) in [7, 11) is 0. The first-order valence-electron chi connectivity index (χ1n) is 3.80. The largest absolute Gasteiger partial charge is 0.394 e. The number of aliphatic hydroxyl groups is 1. The van der Waals surface area contributed by atoms with Gasteiger partial charge in [0.15, 0.2) is 6.29 Å². The maximum atomic E-state index is 8.76. The second kappa shape index (κ2) is 4.26. The summed E-state index contributed by atoms with van der Waals surface area (Å²) >= 11 is 5.84. The van der Waals surface area contributed by atoms with Gasteiger partial charge in [0.25, 0.3) is 0 Å². The van der Waals surface area contributed by atoms with Crippen LogP contribution in [0, 0.1) is 0 Å². The molecule has 0 aromatic heterocycles. The van der Waals surface area contributed by atoms with Crippen LogP contribution in [-0.4, -0.2) is 36.1 Å². The number of hydrogen-bond donors (Lipinski definition) is 1. The number of alkyl halides is 1. The maximum Gasteiger partial charge on any atom is 0.159 e. The van der Waals surface area contributed by atoms with Crippen LogP contribution in [0.5, 0.6) is 0 Å². The summed E-state index contributed by atoms with van der Waals surface area (Å²) in [5, 5.41) is 8.64. The molecular formula is C7H13ClO3. The maximum absolute atomic E-state index is 8.76. The third-order valence-electron chi connectivity index (χ3n) is 1.68. The lowest BCUT2D eigenvalue weighted by Crippen LogP contribution is -2.21. The Hall–Kier alpha value is 0.170. The first kappa shape index (κ1) is 9.26. The first-order valence-corrected chi connectivity index (χ1v) is 4.23. The molecule has 0 bridgehead atoms. The SMILES string of the molecule is CCO[C@H]1C[C@H](Cl)[C@@H](CO)O1. The number of hydrogen-bond acceptors (Lipinski definition) is 3. The monoisotopic (exact) mass is 180 g/mol. The van der Waals surface area contributed by atoms with Gasteiger partial charge in [-0.15, -0.1) is 11.6 Å². The lowest BCUT2D eigenvalue weighted by atomic mass is 10.2. The molecule has 0 aliphatic carbocycles. The molecule has 1 saturated heterocycles. The van der Waals surface area contributed by atoms with Gasteiger partial charge in [-0.25, -0.2) is 0 Å². The number of halogens is 1. The quantitative estimate of drug-likeness (QED) is 0.652. The fraction of sp³-hybridized carbons (Fsp3) is 1.00. The molecule has 1 aliphatic heterocycles. The predicted molar refractivity (Wildman–Crippen MR) is 41.6 cm³/mol. The van der Waals surface area contributed by atoms with Crippen molar-refractivity contribution < 1.29 is 14.6 Å². The van der Waals surface area contributed by atoms with Crippen molar-refractivity contribution >= 4 is 11.6 Å². The molecule has 0 amide bonds. The summed E-state index contributed by atoms with van der Waals surface area (Å²) < 4.78 is 10.4. The Morgan fingerprint density at radius 1 is 1.73 bits per heavy atom. The van der Waals surface area contributed by atoms with Gasteiger partial charge in [-0.05, 0) is 6.92 Å². The summed E-state index contributed by atoms with van der Waals surface area (Å²) in [6, 6.07) is 0. The second-order valence-corrected chi connectivity index (χ2v) is 3.05. The summed E-state index contributed by atoms with van der Waals surface area (Å²) in [6.45, 7) is 2.49. The third kappa shape index (κ3) is 2.30. The minimum absolute atomic E-state index is 0.0300. The van der Waals surface area contributed by atoms with E-state index >= 15 is 0 Å². The zero-order chi connectivity index (χ0) is 8.27. The molecule has 11 heavy (non-hydrogen) atoms. The average Bonchev–Trinajstić information content (AvgIpc) is 2.32. The van der Waals surface area contributed by atoms with Crippen LogP contribution in [0.4, 0.5) is 0 Å². The van der Waals surface area contributed by atoms with Gasteiger partial charge >= 0.3 is 0 Å². The molecule has 0 saturated carbocycles. The Labute approximate surface area is 71.2 Å². The lowest BCUT2D eigenvalue weighted by Gasteiger charge is -2.10. The van der Waals surface area contributed by atoms with Crippen LogP contribution in [0.3, 0.4) is 0 Å². The summed E-state index contributed by atoms with van der Waals surface area (Å²) in [4.78, 5) is 0. The summed E-state index contributed by atoms with van der Waals surface area (Å²) in [5.74, 6) is 0. The van der Waals surface area contributed by atoms with Crippen LogP contribution in [-0.2, 0) is 9.47 Å². The van der Waals surface area contributed by atoms with Gasteiger partial charge in [0.2, 0.25) is 0 Å². The molecule has 3 nitrogen and oxygen atoms in total. The van der Waals surface area contributed by atoms with Crippen molar-refractivity contribution in [2.24, 2.45) is 0 Å². The Morgan fingerprint density at radius 2 is 2.45 bits per heavy atom. The highest BCUT2D eigenvalue weighted by Gasteiger charge is 2.33. The van der Waals surface area contributed by atoms with Gasteiger partial charge in [-0.2, -0.15) is 0 Å². The average molecular weight is 181 g/mol. The number of ether oxygens (including phenoxy) is 2. The Kier molecular flexibility index (Phi) is 3.59. The third-order valence-corrected chi connectivity index (χ3v) is 2.14. The highest BCUT2D eigenvalue weighted by Crippen LogP contribution is 2.25. The molecule has 0 spiro atoms. The van der Waals surface area contributed by atoms with Crippen molar-refractivity contribution in [3.63, 3.8) is 0 Å². The molecule has 4 heteroatoms. The molecule has 0 unspecified atom stereocenters. The van der Waals surface area contributed by atoms with E-state index in [0.717, 1.165) is 0 Å². The van der Waals surface area contributed by atoms with Crippen LogP contribution >= 0.6 is 11.6 Å². The van der Waals surface area contributed by atoms with Gasteiger partial charge in [0.05, 0.1) is 12.0 Å². The molecule has 1 fully saturated rings. The van der Waals surface area contributed by atoms with Gasteiger partial charge < -0.3 is 14.6 Å². The Morgan fingerprint density at radius 3 is 2.91 bits per heavy atom. The molecule has 1 N–H and O–H groups in total. The van der Waals surface area contributed by atoms with E-state index in [0.29, 0.717) is 13.0 Å². The van der Waals surface area contributed by atoms with Crippen molar-refractivity contribution in [1.82, 2.24) is 0 Å². The number of rotatable bonds is 3. The predicted octanol–water partition coefficient (Wildman–Crippen LogP) is 0.738. The number of aliphatic hydroxyl groups excluding tert-OH is 1. The molecule has 66 valence electrons. The van der Waals surface area contributed by atoms with Crippen LogP contribution in [0.15, 0.2) is 0 Å². The zero-order valence-corrected chi connectivity index (χ0v) is 7.25. The molecule has 0 aromatic carbocycles. The topological polar surface area (TPSA) is 38.7 Å². The van der Waals surface area contributed by atoms with Gasteiger partial charge in [-0.1, -0.05) is 0 Å². The van der Waals surface area contributed by atoms with Gasteiger partial charge in [0, 0.05) is 13.0 Å². The lowest BCUT2D eigenvalue weighted by molar-refractivity contribution is -0.137. The highest BCUT2D eigenvalue weighted by molar-refractivity contribution is 6.21. The van der Waals surface area contributed by atoms with Crippen molar-refractivity contribution in [2.45, 2.75) is 31.1 Å². The van der Waals surface area contributed by atoms with Gasteiger partial charge in [0.1, 0.15) is 6.10 Å². The van der Waals surface area contributed by atoms with E-state index in [1.807, 2.05) is 6.92 Å². The van der Waals surface area contributed by atoms with Crippen LogP contribution in [0.1, 0.15) is 13.3 Å². The molecule has 0 aromatic rings. The fourth-order valence-corrected chi connectivity index (χ4v) is 1.41. The standard InChI is InChI=1S/C7H13ClO3/c1-2-10-7-3-5(8)6(4-9)11-7/h5-7,9H,2-4H2,1H3/t5-,6+,7+/m0/s1. The first-order chi connectivity index (χ1) is 5.27. The second-order valence-electron chi connectivity index (χ2n) is 2.49. The van der Waals surface area contributed by atoms with Crippen molar-refractivity contribution in [3.05, 3.63) is 0 Å². The van der Waals surface area contributed by atoms with E-state index in [4.69, 9.17) is 26.2 Å². The molecule has 1 heterocycles. The normalized spacial score (nSPS) is 37.9. The highest BCUT2D eigenvalue weighted by atomic mass is 35.5.